The first-order chi connectivity index (χ1) is 9.16. The van der Waals surface area contributed by atoms with Crippen molar-refractivity contribution >= 4 is 5.91 Å². The normalized spacial score (nSPS) is 22.4. The first-order valence-electron chi connectivity index (χ1n) is 7.35. The minimum absolute atomic E-state index is 0.205. The van der Waals surface area contributed by atoms with Gasteiger partial charge in [0.1, 0.15) is 0 Å². The average molecular weight is 261 g/mol. The topological polar surface area (TPSA) is 37.3 Å². The van der Waals surface area contributed by atoms with Gasteiger partial charge in [-0.1, -0.05) is 0 Å². The summed E-state index contributed by atoms with van der Waals surface area (Å²) in [4.78, 5) is 14.3. The zero-order valence-corrected chi connectivity index (χ0v) is 11.9. The van der Waals surface area contributed by atoms with E-state index in [0.717, 1.165) is 19.6 Å². The number of amides is 1. The molecule has 3 rings (SSSR count). The zero-order valence-electron chi connectivity index (χ0n) is 11.9. The second-order valence-corrected chi connectivity index (χ2v) is 5.79. The Morgan fingerprint density at radius 2 is 2.16 bits per heavy atom. The highest BCUT2D eigenvalue weighted by molar-refractivity contribution is 5.77. The number of rotatable bonds is 4. The summed E-state index contributed by atoms with van der Waals surface area (Å²) in [7, 11) is 0. The number of aromatic nitrogens is 1. The predicted molar refractivity (Wildman–Crippen MR) is 74.9 cm³/mol. The van der Waals surface area contributed by atoms with Crippen molar-refractivity contribution in [3.05, 3.63) is 23.5 Å². The summed E-state index contributed by atoms with van der Waals surface area (Å²) in [5.41, 5.74) is 2.57. The Bertz CT molecular complexity index is 476. The number of carbonyl (C=O) groups excluding carboxylic acids is 1. The van der Waals surface area contributed by atoms with Crippen LogP contribution in [-0.4, -0.2) is 34.5 Å². The molecule has 1 unspecified atom stereocenters. The van der Waals surface area contributed by atoms with Crippen molar-refractivity contribution in [3.63, 3.8) is 0 Å². The largest absolute Gasteiger partial charge is 0.345 e. The van der Waals surface area contributed by atoms with Crippen LogP contribution in [0.1, 0.15) is 43.6 Å². The lowest BCUT2D eigenvalue weighted by molar-refractivity contribution is -0.134. The third-order valence-electron chi connectivity index (χ3n) is 4.36. The predicted octanol–water partition coefficient (Wildman–Crippen LogP) is 1.84. The number of hydrogen-bond acceptors (Lipinski definition) is 2. The fourth-order valence-corrected chi connectivity index (χ4v) is 2.98. The van der Waals surface area contributed by atoms with E-state index in [2.05, 4.69) is 35.9 Å². The van der Waals surface area contributed by atoms with Gasteiger partial charge in [0.15, 0.2) is 0 Å². The molecule has 0 saturated heterocycles. The molecular formula is C15H23N3O. The van der Waals surface area contributed by atoms with E-state index >= 15 is 0 Å². The fraction of sp³-hybridized carbons (Fsp3) is 0.667. The third-order valence-corrected chi connectivity index (χ3v) is 4.36. The summed E-state index contributed by atoms with van der Waals surface area (Å²) < 4.78 is 2.33. The Morgan fingerprint density at radius 3 is 2.89 bits per heavy atom. The van der Waals surface area contributed by atoms with Gasteiger partial charge >= 0.3 is 0 Å². The molecule has 0 radical (unpaired) electrons. The molecular weight excluding hydrogens is 238 g/mol. The van der Waals surface area contributed by atoms with Crippen LogP contribution in [0, 0.1) is 6.92 Å². The highest BCUT2D eigenvalue weighted by Gasteiger charge is 2.28. The first-order valence-corrected chi connectivity index (χ1v) is 7.35. The van der Waals surface area contributed by atoms with Crippen molar-refractivity contribution < 1.29 is 4.79 Å². The lowest BCUT2D eigenvalue weighted by Crippen LogP contribution is -2.42. The minimum Gasteiger partial charge on any atom is -0.345 e. The highest BCUT2D eigenvalue weighted by Crippen LogP contribution is 2.27. The van der Waals surface area contributed by atoms with Crippen molar-refractivity contribution in [1.82, 2.24) is 14.8 Å². The van der Waals surface area contributed by atoms with E-state index in [9.17, 15) is 4.79 Å². The second-order valence-electron chi connectivity index (χ2n) is 5.79. The molecule has 4 heteroatoms. The lowest BCUT2D eigenvalue weighted by Gasteiger charge is -2.35. The summed E-state index contributed by atoms with van der Waals surface area (Å²) in [6, 6.07) is 5.19. The van der Waals surface area contributed by atoms with Crippen molar-refractivity contribution in [3.8, 4) is 0 Å². The maximum atomic E-state index is 12.3. The first kappa shape index (κ1) is 12.7. The summed E-state index contributed by atoms with van der Waals surface area (Å²) in [5, 5.41) is 3.41. The number of aryl methyl sites for hydroxylation is 1. The smallest absolute Gasteiger partial charge is 0.224 e. The summed E-state index contributed by atoms with van der Waals surface area (Å²) in [6.07, 6.45) is 3.18. The number of nitrogens with one attached hydrogen (secondary N) is 1. The Kier molecular flexibility index (Phi) is 3.35. The van der Waals surface area contributed by atoms with E-state index in [1.165, 1.54) is 24.2 Å². The SMILES string of the molecule is Cc1ccc2n1CCN(C(=O)CCNC1CC1)C2C. The molecule has 1 amide bonds. The second kappa shape index (κ2) is 5.00. The Balaban J connectivity index is 1.60. The van der Waals surface area contributed by atoms with Crippen LogP contribution in [0.3, 0.4) is 0 Å². The van der Waals surface area contributed by atoms with Gasteiger partial charge in [-0.3, -0.25) is 4.79 Å². The van der Waals surface area contributed by atoms with Crippen molar-refractivity contribution in [2.45, 2.75) is 51.7 Å². The number of nitrogens with zero attached hydrogens (tertiary/aromatic N) is 2. The molecule has 1 aromatic heterocycles. The average Bonchev–Trinajstić information content (AvgIpc) is 3.13. The van der Waals surface area contributed by atoms with Gasteiger partial charge in [0.2, 0.25) is 5.91 Å². The lowest BCUT2D eigenvalue weighted by atomic mass is 10.1. The molecule has 0 aromatic carbocycles. The van der Waals surface area contributed by atoms with Crippen molar-refractivity contribution in [2.24, 2.45) is 0 Å². The Hall–Kier alpha value is -1.29. The van der Waals surface area contributed by atoms with Gasteiger partial charge in [-0.05, 0) is 38.8 Å². The van der Waals surface area contributed by atoms with Crippen LogP contribution in [0.15, 0.2) is 12.1 Å². The molecule has 1 atom stereocenters. The van der Waals surface area contributed by atoms with Crippen LogP contribution in [0.4, 0.5) is 0 Å². The van der Waals surface area contributed by atoms with Crippen LogP contribution in [0.25, 0.3) is 0 Å². The molecule has 2 heterocycles. The molecule has 19 heavy (non-hydrogen) atoms. The van der Waals surface area contributed by atoms with E-state index in [1.807, 2.05) is 4.90 Å². The van der Waals surface area contributed by atoms with Gasteiger partial charge in [0.25, 0.3) is 0 Å². The van der Waals surface area contributed by atoms with Gasteiger partial charge in [0, 0.05) is 43.5 Å². The fourth-order valence-electron chi connectivity index (χ4n) is 2.98. The molecule has 1 aliphatic carbocycles. The zero-order chi connectivity index (χ0) is 13.4. The molecule has 1 aromatic rings. The number of fused-ring (bicyclic) bond motifs is 1. The van der Waals surface area contributed by atoms with Gasteiger partial charge in [-0.2, -0.15) is 0 Å². The van der Waals surface area contributed by atoms with Crippen LogP contribution in [-0.2, 0) is 11.3 Å². The molecule has 2 aliphatic rings. The van der Waals surface area contributed by atoms with Crippen LogP contribution in [0.2, 0.25) is 0 Å². The maximum Gasteiger partial charge on any atom is 0.224 e. The van der Waals surface area contributed by atoms with Gasteiger partial charge in [-0.15, -0.1) is 0 Å². The standard InChI is InChI=1S/C15H23N3O/c1-11-3-6-14-12(2)18(10-9-17(11)14)15(19)7-8-16-13-4-5-13/h3,6,12-13,16H,4-5,7-10H2,1-2H3. The third kappa shape index (κ3) is 2.54. The molecule has 1 saturated carbocycles. The summed E-state index contributed by atoms with van der Waals surface area (Å²) in [6.45, 7) is 6.86. The Morgan fingerprint density at radius 1 is 1.37 bits per heavy atom. The highest BCUT2D eigenvalue weighted by atomic mass is 16.2. The molecule has 4 nitrogen and oxygen atoms in total. The maximum absolute atomic E-state index is 12.3. The molecule has 1 fully saturated rings. The van der Waals surface area contributed by atoms with Crippen LogP contribution < -0.4 is 5.32 Å². The summed E-state index contributed by atoms with van der Waals surface area (Å²) in [5.74, 6) is 0.283. The Labute approximate surface area is 114 Å². The molecule has 104 valence electrons. The molecule has 0 spiro atoms. The van der Waals surface area contributed by atoms with Gasteiger partial charge in [0.05, 0.1) is 6.04 Å². The van der Waals surface area contributed by atoms with Crippen LogP contribution in [0.5, 0.6) is 0 Å². The quantitative estimate of drug-likeness (QED) is 0.898. The monoisotopic (exact) mass is 261 g/mol. The van der Waals surface area contributed by atoms with E-state index in [0.29, 0.717) is 12.5 Å². The number of hydrogen-bond donors (Lipinski definition) is 1. The minimum atomic E-state index is 0.205. The molecule has 1 aliphatic heterocycles. The number of carbonyl (C=O) groups is 1. The van der Waals surface area contributed by atoms with E-state index in [-0.39, 0.29) is 11.9 Å². The van der Waals surface area contributed by atoms with Gasteiger partial charge < -0.3 is 14.8 Å². The van der Waals surface area contributed by atoms with Gasteiger partial charge in [-0.25, -0.2) is 0 Å². The van der Waals surface area contributed by atoms with Crippen molar-refractivity contribution in [1.29, 1.82) is 0 Å². The van der Waals surface area contributed by atoms with E-state index in [4.69, 9.17) is 0 Å². The van der Waals surface area contributed by atoms with E-state index < -0.39 is 0 Å². The summed E-state index contributed by atoms with van der Waals surface area (Å²) >= 11 is 0. The molecule has 1 N–H and O–H groups in total. The van der Waals surface area contributed by atoms with Crippen LogP contribution >= 0.6 is 0 Å². The van der Waals surface area contributed by atoms with E-state index in [1.54, 1.807) is 0 Å². The molecule has 0 bridgehead atoms. The van der Waals surface area contributed by atoms with Crippen molar-refractivity contribution in [2.75, 3.05) is 13.1 Å².